The molecule has 1 atom stereocenters. The van der Waals surface area contributed by atoms with Gasteiger partial charge in [0.15, 0.2) is 0 Å². The van der Waals surface area contributed by atoms with Crippen LogP contribution in [0, 0.1) is 5.82 Å². The Hall–Kier alpha value is -0.350. The van der Waals surface area contributed by atoms with Crippen LogP contribution in [0.5, 0.6) is 0 Å². The van der Waals surface area contributed by atoms with Crippen molar-refractivity contribution in [3.05, 3.63) is 35.6 Å². The van der Waals surface area contributed by atoms with Gasteiger partial charge in [-0.15, -0.1) is 24.8 Å². The van der Waals surface area contributed by atoms with Crippen LogP contribution >= 0.6 is 24.8 Å². The van der Waals surface area contributed by atoms with Gasteiger partial charge in [-0.05, 0) is 24.6 Å². The predicted molar refractivity (Wildman–Crippen MR) is 73.8 cm³/mol. The van der Waals surface area contributed by atoms with Crippen molar-refractivity contribution in [2.45, 2.75) is 13.0 Å². The fourth-order valence-electron chi connectivity index (χ4n) is 2.02. The summed E-state index contributed by atoms with van der Waals surface area (Å²) in [5.74, 6) is -0.161. The molecule has 1 unspecified atom stereocenters. The Balaban J connectivity index is 0.00000128. The van der Waals surface area contributed by atoms with Crippen molar-refractivity contribution in [1.82, 2.24) is 10.2 Å². The third kappa shape index (κ3) is 4.43. The van der Waals surface area contributed by atoms with Crippen LogP contribution in [0.15, 0.2) is 24.3 Å². The molecule has 1 aliphatic heterocycles. The molecule has 1 fully saturated rings. The zero-order chi connectivity index (χ0) is 10.7. The van der Waals surface area contributed by atoms with Gasteiger partial charge in [0.05, 0.1) is 0 Å². The topological polar surface area (TPSA) is 15.3 Å². The van der Waals surface area contributed by atoms with E-state index in [1.54, 1.807) is 0 Å². The molecule has 0 radical (unpaired) electrons. The van der Waals surface area contributed by atoms with Gasteiger partial charge in [0.25, 0.3) is 0 Å². The molecule has 98 valence electrons. The Morgan fingerprint density at radius 3 is 2.18 bits per heavy atom. The second-order valence-electron chi connectivity index (χ2n) is 4.01. The summed E-state index contributed by atoms with van der Waals surface area (Å²) in [5.41, 5.74) is 1.19. The lowest BCUT2D eigenvalue weighted by Crippen LogP contribution is -2.44. The van der Waals surface area contributed by atoms with E-state index >= 15 is 0 Å². The Morgan fingerprint density at radius 2 is 1.65 bits per heavy atom. The maximum atomic E-state index is 12.8. The van der Waals surface area contributed by atoms with Gasteiger partial charge in [-0.3, -0.25) is 4.90 Å². The molecule has 1 aromatic carbocycles. The second kappa shape index (κ2) is 7.88. The number of hydrogen-bond acceptors (Lipinski definition) is 2. The molecule has 0 spiro atoms. The van der Waals surface area contributed by atoms with Gasteiger partial charge < -0.3 is 5.32 Å². The molecule has 0 aromatic heterocycles. The third-order valence-electron chi connectivity index (χ3n) is 3.05. The maximum absolute atomic E-state index is 12.8. The average Bonchev–Trinajstić information content (AvgIpc) is 2.30. The molecule has 1 aromatic rings. The zero-order valence-corrected chi connectivity index (χ0v) is 11.5. The number of nitrogens with one attached hydrogen (secondary N) is 1. The summed E-state index contributed by atoms with van der Waals surface area (Å²) in [6.45, 7) is 6.41. The van der Waals surface area contributed by atoms with Crippen LogP contribution in [0.2, 0.25) is 0 Å². The summed E-state index contributed by atoms with van der Waals surface area (Å²) in [7, 11) is 0. The summed E-state index contributed by atoms with van der Waals surface area (Å²) in [5, 5.41) is 3.33. The van der Waals surface area contributed by atoms with Gasteiger partial charge >= 0.3 is 0 Å². The summed E-state index contributed by atoms with van der Waals surface area (Å²) < 4.78 is 12.8. The van der Waals surface area contributed by atoms with E-state index in [9.17, 15) is 4.39 Å². The first-order valence-electron chi connectivity index (χ1n) is 5.47. The SMILES string of the molecule is CC(c1ccc(F)cc1)N1CCNCC1.Cl.Cl. The molecule has 0 aliphatic carbocycles. The first-order chi connectivity index (χ1) is 7.27. The van der Waals surface area contributed by atoms with Crippen molar-refractivity contribution in [1.29, 1.82) is 0 Å². The van der Waals surface area contributed by atoms with Crippen LogP contribution in [0.4, 0.5) is 4.39 Å². The molecule has 1 aliphatic rings. The molecule has 1 N–H and O–H groups in total. The van der Waals surface area contributed by atoms with E-state index in [0.717, 1.165) is 26.2 Å². The van der Waals surface area contributed by atoms with Crippen LogP contribution < -0.4 is 5.32 Å². The first kappa shape index (κ1) is 16.6. The minimum atomic E-state index is -0.161. The van der Waals surface area contributed by atoms with E-state index in [1.165, 1.54) is 17.7 Å². The molecule has 5 heteroatoms. The standard InChI is InChI=1S/C12H17FN2.2ClH/c1-10(15-8-6-14-7-9-15)11-2-4-12(13)5-3-11;;/h2-5,10,14H,6-9H2,1H3;2*1H. The molecule has 0 saturated carbocycles. The van der Waals surface area contributed by atoms with E-state index in [2.05, 4.69) is 17.1 Å². The van der Waals surface area contributed by atoms with E-state index in [0.29, 0.717) is 6.04 Å². The van der Waals surface area contributed by atoms with Crippen LogP contribution in [0.3, 0.4) is 0 Å². The number of hydrogen-bond donors (Lipinski definition) is 1. The molecule has 0 amide bonds. The molecule has 1 heterocycles. The summed E-state index contributed by atoms with van der Waals surface area (Å²) in [4.78, 5) is 2.42. The van der Waals surface area contributed by atoms with Crippen molar-refractivity contribution in [3.63, 3.8) is 0 Å². The van der Waals surface area contributed by atoms with Crippen molar-refractivity contribution in [2.24, 2.45) is 0 Å². The number of halogens is 3. The molecular formula is C12H19Cl2FN2. The van der Waals surface area contributed by atoms with Crippen LogP contribution in [-0.2, 0) is 0 Å². The molecule has 0 bridgehead atoms. The Bertz CT molecular complexity index is 313. The number of nitrogens with zero attached hydrogens (tertiary/aromatic N) is 1. The van der Waals surface area contributed by atoms with Gasteiger partial charge in [0, 0.05) is 32.2 Å². The lowest BCUT2D eigenvalue weighted by atomic mass is 10.1. The van der Waals surface area contributed by atoms with Crippen LogP contribution in [0.1, 0.15) is 18.5 Å². The highest BCUT2D eigenvalue weighted by molar-refractivity contribution is 5.85. The monoisotopic (exact) mass is 280 g/mol. The van der Waals surface area contributed by atoms with Gasteiger partial charge in [-0.2, -0.15) is 0 Å². The lowest BCUT2D eigenvalue weighted by Gasteiger charge is -2.33. The van der Waals surface area contributed by atoms with Crippen molar-refractivity contribution < 1.29 is 4.39 Å². The largest absolute Gasteiger partial charge is 0.314 e. The van der Waals surface area contributed by atoms with E-state index in [1.807, 2.05) is 12.1 Å². The van der Waals surface area contributed by atoms with Crippen LogP contribution in [0.25, 0.3) is 0 Å². The fourth-order valence-corrected chi connectivity index (χ4v) is 2.02. The molecular weight excluding hydrogens is 262 g/mol. The smallest absolute Gasteiger partial charge is 0.123 e. The number of benzene rings is 1. The molecule has 1 saturated heterocycles. The van der Waals surface area contributed by atoms with Crippen molar-refractivity contribution >= 4 is 24.8 Å². The normalized spacial score (nSPS) is 17.8. The van der Waals surface area contributed by atoms with Gasteiger partial charge in [-0.1, -0.05) is 12.1 Å². The van der Waals surface area contributed by atoms with Gasteiger partial charge in [0.2, 0.25) is 0 Å². The van der Waals surface area contributed by atoms with E-state index in [4.69, 9.17) is 0 Å². The Labute approximate surface area is 114 Å². The van der Waals surface area contributed by atoms with Crippen molar-refractivity contribution in [3.8, 4) is 0 Å². The highest BCUT2D eigenvalue weighted by atomic mass is 35.5. The summed E-state index contributed by atoms with van der Waals surface area (Å²) in [6.07, 6.45) is 0. The van der Waals surface area contributed by atoms with Crippen LogP contribution in [-0.4, -0.2) is 31.1 Å². The fraction of sp³-hybridized carbons (Fsp3) is 0.500. The first-order valence-corrected chi connectivity index (χ1v) is 5.47. The minimum absolute atomic E-state index is 0. The lowest BCUT2D eigenvalue weighted by molar-refractivity contribution is 0.185. The zero-order valence-electron chi connectivity index (χ0n) is 9.86. The predicted octanol–water partition coefficient (Wildman–Crippen LogP) is 2.64. The van der Waals surface area contributed by atoms with E-state index < -0.39 is 0 Å². The highest BCUT2D eigenvalue weighted by Gasteiger charge is 2.17. The van der Waals surface area contributed by atoms with Gasteiger partial charge in [-0.25, -0.2) is 4.39 Å². The number of piperazine rings is 1. The van der Waals surface area contributed by atoms with Crippen molar-refractivity contribution in [2.75, 3.05) is 26.2 Å². The second-order valence-corrected chi connectivity index (χ2v) is 4.01. The summed E-state index contributed by atoms with van der Waals surface area (Å²) in [6, 6.07) is 7.21. The third-order valence-corrected chi connectivity index (χ3v) is 3.05. The quantitative estimate of drug-likeness (QED) is 0.896. The summed E-state index contributed by atoms with van der Waals surface area (Å²) >= 11 is 0. The maximum Gasteiger partial charge on any atom is 0.123 e. The highest BCUT2D eigenvalue weighted by Crippen LogP contribution is 2.20. The minimum Gasteiger partial charge on any atom is -0.314 e. The molecule has 2 nitrogen and oxygen atoms in total. The number of rotatable bonds is 2. The molecule has 2 rings (SSSR count). The molecule has 17 heavy (non-hydrogen) atoms. The Morgan fingerprint density at radius 1 is 1.12 bits per heavy atom. The van der Waals surface area contributed by atoms with Gasteiger partial charge in [0.1, 0.15) is 5.82 Å². The average molecular weight is 281 g/mol. The van der Waals surface area contributed by atoms with E-state index in [-0.39, 0.29) is 30.6 Å². The Kier molecular flexibility index (Phi) is 7.71.